The third kappa shape index (κ3) is 4.56. The van der Waals surface area contributed by atoms with Gasteiger partial charge in [-0.2, -0.15) is 5.26 Å². The molecule has 1 aliphatic rings. The number of carbonyl (C=O) groups is 3. The van der Waals surface area contributed by atoms with Crippen molar-refractivity contribution in [3.63, 3.8) is 0 Å². The number of anilines is 1. The van der Waals surface area contributed by atoms with Crippen LogP contribution in [0.4, 0.5) is 5.00 Å². The fourth-order valence-electron chi connectivity index (χ4n) is 2.91. The summed E-state index contributed by atoms with van der Waals surface area (Å²) < 4.78 is 10.2. The van der Waals surface area contributed by atoms with Crippen molar-refractivity contribution < 1.29 is 23.9 Å². The van der Waals surface area contributed by atoms with Gasteiger partial charge < -0.3 is 14.8 Å². The van der Waals surface area contributed by atoms with Crippen LogP contribution in [0.3, 0.4) is 0 Å². The molecule has 7 nitrogen and oxygen atoms in total. The molecule has 8 heteroatoms. The van der Waals surface area contributed by atoms with Crippen LogP contribution in [0.1, 0.15) is 39.7 Å². The molecule has 0 spiro atoms. The number of fused-ring (bicyclic) bond motifs is 1. The summed E-state index contributed by atoms with van der Waals surface area (Å²) in [6, 6.07) is 8.58. The molecule has 0 atom stereocenters. The summed E-state index contributed by atoms with van der Waals surface area (Å²) in [5, 5.41) is 12.5. The molecule has 144 valence electrons. The Morgan fingerprint density at radius 3 is 2.82 bits per heavy atom. The molecular formula is C20H18N2O5S. The molecule has 1 aliphatic carbocycles. The molecule has 0 bridgehead atoms. The van der Waals surface area contributed by atoms with Crippen molar-refractivity contribution in [1.29, 1.82) is 5.26 Å². The number of Topliss-reactive ketones (excluding diaryl/α,β-unsaturated/α-hetero) is 1. The van der Waals surface area contributed by atoms with Crippen molar-refractivity contribution >= 4 is 34.0 Å². The van der Waals surface area contributed by atoms with E-state index in [4.69, 9.17) is 9.47 Å². The summed E-state index contributed by atoms with van der Waals surface area (Å²) >= 11 is 1.40. The van der Waals surface area contributed by atoms with Crippen LogP contribution in [0.2, 0.25) is 0 Å². The Hall–Kier alpha value is -3.18. The third-order valence-corrected chi connectivity index (χ3v) is 5.45. The Morgan fingerprint density at radius 1 is 1.25 bits per heavy atom. The minimum Gasteiger partial charge on any atom is -0.482 e. The number of nitrogens with one attached hydrogen (secondary N) is 1. The van der Waals surface area contributed by atoms with Gasteiger partial charge in [0.2, 0.25) is 0 Å². The standard InChI is InChI=1S/C20H18N2O5S/c1-12(23)13-4-2-5-14(8-13)26-11-19(25)27-10-18(24)22-20-16(9-21)15-6-3-7-17(15)28-20/h2,4-5,8H,3,6-7,10-11H2,1H3,(H,22,24). The zero-order valence-corrected chi connectivity index (χ0v) is 16.1. The number of carbonyl (C=O) groups excluding carboxylic acids is 3. The normalized spacial score (nSPS) is 12.0. The molecule has 0 fully saturated rings. The van der Waals surface area contributed by atoms with Crippen LogP contribution < -0.4 is 10.1 Å². The Morgan fingerprint density at radius 2 is 2.07 bits per heavy atom. The minimum atomic E-state index is -0.711. The summed E-state index contributed by atoms with van der Waals surface area (Å²) in [5.74, 6) is -0.970. The summed E-state index contributed by atoms with van der Waals surface area (Å²) in [7, 11) is 0. The first-order valence-electron chi connectivity index (χ1n) is 8.72. The van der Waals surface area contributed by atoms with Gasteiger partial charge in [0.1, 0.15) is 16.8 Å². The van der Waals surface area contributed by atoms with E-state index in [1.807, 2.05) is 0 Å². The first-order valence-corrected chi connectivity index (χ1v) is 9.53. The van der Waals surface area contributed by atoms with E-state index in [0.29, 0.717) is 21.9 Å². The van der Waals surface area contributed by atoms with Crippen LogP contribution in [-0.2, 0) is 27.2 Å². The Kier molecular flexibility index (Phi) is 6.06. The SMILES string of the molecule is CC(=O)c1cccc(OCC(=O)OCC(=O)Nc2sc3c(c2C#N)CCC3)c1. The van der Waals surface area contributed by atoms with Gasteiger partial charge >= 0.3 is 5.97 Å². The maximum absolute atomic E-state index is 12.0. The second-order valence-corrected chi connectivity index (χ2v) is 7.36. The van der Waals surface area contributed by atoms with E-state index < -0.39 is 18.5 Å². The molecule has 1 aromatic heterocycles. The number of amides is 1. The molecule has 2 aromatic rings. The fourth-order valence-corrected chi connectivity index (χ4v) is 4.16. The lowest BCUT2D eigenvalue weighted by atomic mass is 10.1. The lowest BCUT2D eigenvalue weighted by Crippen LogP contribution is -2.23. The molecule has 1 amide bonds. The van der Waals surface area contributed by atoms with E-state index in [2.05, 4.69) is 11.4 Å². The first kappa shape index (κ1) is 19.6. The topological polar surface area (TPSA) is 105 Å². The van der Waals surface area contributed by atoms with Gasteiger partial charge in [-0.05, 0) is 43.9 Å². The Balaban J connectivity index is 1.47. The third-order valence-electron chi connectivity index (χ3n) is 4.25. The number of hydrogen-bond donors (Lipinski definition) is 1. The second kappa shape index (κ2) is 8.67. The molecule has 0 radical (unpaired) electrons. The second-order valence-electron chi connectivity index (χ2n) is 6.25. The van der Waals surface area contributed by atoms with Gasteiger partial charge in [-0.15, -0.1) is 11.3 Å². The van der Waals surface area contributed by atoms with Crippen LogP contribution in [-0.4, -0.2) is 30.9 Å². The molecule has 0 aliphatic heterocycles. The van der Waals surface area contributed by atoms with Crippen molar-refractivity contribution in [3.8, 4) is 11.8 Å². The zero-order valence-electron chi connectivity index (χ0n) is 15.2. The van der Waals surface area contributed by atoms with Gasteiger partial charge in [-0.25, -0.2) is 4.79 Å². The van der Waals surface area contributed by atoms with Crippen LogP contribution in [0, 0.1) is 11.3 Å². The predicted molar refractivity (Wildman–Crippen MR) is 103 cm³/mol. The average molecular weight is 398 g/mol. The number of esters is 1. The van der Waals surface area contributed by atoms with Gasteiger partial charge in [-0.1, -0.05) is 12.1 Å². The molecular weight excluding hydrogens is 380 g/mol. The largest absolute Gasteiger partial charge is 0.482 e. The number of nitriles is 1. The summed E-state index contributed by atoms with van der Waals surface area (Å²) in [5.41, 5.74) is 1.99. The Bertz CT molecular complexity index is 973. The maximum Gasteiger partial charge on any atom is 0.344 e. The lowest BCUT2D eigenvalue weighted by Gasteiger charge is -2.08. The highest BCUT2D eigenvalue weighted by atomic mass is 32.1. The van der Waals surface area contributed by atoms with Crippen LogP contribution >= 0.6 is 11.3 Å². The van der Waals surface area contributed by atoms with Gasteiger partial charge in [0.05, 0.1) is 5.56 Å². The zero-order chi connectivity index (χ0) is 20.1. The average Bonchev–Trinajstić information content (AvgIpc) is 3.25. The van der Waals surface area contributed by atoms with Gasteiger partial charge in [0.25, 0.3) is 5.91 Å². The molecule has 0 unspecified atom stereocenters. The monoisotopic (exact) mass is 398 g/mol. The molecule has 1 aromatic carbocycles. The lowest BCUT2D eigenvalue weighted by molar-refractivity contribution is -0.149. The summed E-state index contributed by atoms with van der Waals surface area (Å²) in [4.78, 5) is 36.3. The van der Waals surface area contributed by atoms with Gasteiger partial charge in [-0.3, -0.25) is 9.59 Å². The van der Waals surface area contributed by atoms with Gasteiger partial charge in [0, 0.05) is 10.4 Å². The molecule has 1 N–H and O–H groups in total. The fraction of sp³-hybridized carbons (Fsp3) is 0.300. The molecule has 28 heavy (non-hydrogen) atoms. The maximum atomic E-state index is 12.0. The highest BCUT2D eigenvalue weighted by Crippen LogP contribution is 2.38. The minimum absolute atomic E-state index is 0.110. The van der Waals surface area contributed by atoms with Crippen molar-refractivity contribution in [2.24, 2.45) is 0 Å². The van der Waals surface area contributed by atoms with E-state index in [1.165, 1.54) is 24.3 Å². The van der Waals surface area contributed by atoms with Crippen molar-refractivity contribution in [2.45, 2.75) is 26.2 Å². The number of nitrogens with zero attached hydrogens (tertiary/aromatic N) is 1. The molecule has 0 saturated carbocycles. The smallest absolute Gasteiger partial charge is 0.344 e. The summed E-state index contributed by atoms with van der Waals surface area (Å²) in [6.45, 7) is 0.584. The number of rotatable bonds is 7. The van der Waals surface area contributed by atoms with Crippen molar-refractivity contribution in [2.75, 3.05) is 18.5 Å². The van der Waals surface area contributed by atoms with E-state index >= 15 is 0 Å². The van der Waals surface area contributed by atoms with Crippen molar-refractivity contribution in [1.82, 2.24) is 0 Å². The number of hydrogen-bond acceptors (Lipinski definition) is 7. The molecule has 3 rings (SSSR count). The molecule has 1 heterocycles. The highest BCUT2D eigenvalue weighted by molar-refractivity contribution is 7.16. The quantitative estimate of drug-likeness (QED) is 0.568. The summed E-state index contributed by atoms with van der Waals surface area (Å²) in [6.07, 6.45) is 2.79. The van der Waals surface area contributed by atoms with Crippen LogP contribution in [0.5, 0.6) is 5.75 Å². The van der Waals surface area contributed by atoms with E-state index in [1.54, 1.807) is 18.2 Å². The van der Waals surface area contributed by atoms with Crippen LogP contribution in [0.25, 0.3) is 0 Å². The van der Waals surface area contributed by atoms with Gasteiger partial charge in [0.15, 0.2) is 19.0 Å². The van der Waals surface area contributed by atoms with E-state index in [0.717, 1.165) is 29.7 Å². The number of aryl methyl sites for hydroxylation is 1. The van der Waals surface area contributed by atoms with E-state index in [9.17, 15) is 19.6 Å². The highest BCUT2D eigenvalue weighted by Gasteiger charge is 2.23. The van der Waals surface area contributed by atoms with E-state index in [-0.39, 0.29) is 12.4 Å². The van der Waals surface area contributed by atoms with Crippen molar-refractivity contribution in [3.05, 3.63) is 45.8 Å². The predicted octanol–water partition coefficient (Wildman–Crippen LogP) is 2.87. The van der Waals surface area contributed by atoms with Crippen LogP contribution in [0.15, 0.2) is 24.3 Å². The number of ether oxygens (including phenoxy) is 2. The number of ketones is 1. The molecule has 0 saturated heterocycles. The Labute approximate surface area is 165 Å². The number of thiophene rings is 1. The first-order chi connectivity index (χ1) is 13.5. The number of benzene rings is 1.